The number of carbonyl (C=O) groups is 2. The molecule has 0 saturated carbocycles. The van der Waals surface area contributed by atoms with Crippen molar-refractivity contribution in [3.8, 4) is 0 Å². The van der Waals surface area contributed by atoms with Gasteiger partial charge in [-0.1, -0.05) is 0 Å². The predicted molar refractivity (Wildman–Crippen MR) is 70.5 cm³/mol. The molecule has 2 saturated heterocycles. The second-order valence-electron chi connectivity index (χ2n) is 5.29. The van der Waals surface area contributed by atoms with E-state index in [2.05, 4.69) is 4.90 Å². The molecular weight excluding hydrogens is 264 g/mol. The van der Waals surface area contributed by atoms with E-state index in [-0.39, 0.29) is 18.1 Å². The molecule has 0 aromatic heterocycles. The first-order valence-corrected chi connectivity index (χ1v) is 6.99. The van der Waals surface area contributed by atoms with Crippen LogP contribution in [-0.4, -0.2) is 79.5 Å². The lowest BCUT2D eigenvalue weighted by atomic mass is 9.90. The zero-order chi connectivity index (χ0) is 14.5. The van der Waals surface area contributed by atoms with Crippen LogP contribution in [0.25, 0.3) is 0 Å². The van der Waals surface area contributed by atoms with Gasteiger partial charge < -0.3 is 19.5 Å². The summed E-state index contributed by atoms with van der Waals surface area (Å²) in [6.07, 6.45) is 0.610. The molecule has 7 heteroatoms. The molecule has 114 valence electrons. The van der Waals surface area contributed by atoms with Crippen molar-refractivity contribution in [1.29, 1.82) is 0 Å². The van der Waals surface area contributed by atoms with Gasteiger partial charge in [0.2, 0.25) is 0 Å². The minimum atomic E-state index is -0.776. The maximum absolute atomic E-state index is 11.8. The molecule has 7 nitrogen and oxygen atoms in total. The van der Waals surface area contributed by atoms with E-state index in [1.54, 1.807) is 4.90 Å². The Bertz CT molecular complexity index is 357. The summed E-state index contributed by atoms with van der Waals surface area (Å²) in [6.45, 7) is 4.15. The highest BCUT2D eigenvalue weighted by Gasteiger charge is 2.36. The van der Waals surface area contributed by atoms with Crippen molar-refractivity contribution in [2.45, 2.75) is 18.9 Å². The molecule has 20 heavy (non-hydrogen) atoms. The number of hydrogen-bond acceptors (Lipinski definition) is 5. The summed E-state index contributed by atoms with van der Waals surface area (Å²) in [4.78, 5) is 26.9. The molecule has 1 amide bonds. The maximum atomic E-state index is 11.8. The van der Waals surface area contributed by atoms with Gasteiger partial charge in [0.05, 0.1) is 26.2 Å². The highest BCUT2D eigenvalue weighted by molar-refractivity contribution is 5.72. The molecule has 0 aromatic carbocycles. The van der Waals surface area contributed by atoms with Gasteiger partial charge >= 0.3 is 12.1 Å². The molecule has 0 radical (unpaired) electrons. The number of amides is 1. The molecule has 0 bridgehead atoms. The largest absolute Gasteiger partial charge is 0.481 e. The van der Waals surface area contributed by atoms with E-state index >= 15 is 0 Å². The van der Waals surface area contributed by atoms with Crippen LogP contribution in [0, 0.1) is 5.92 Å². The first-order valence-electron chi connectivity index (χ1n) is 6.99. The van der Waals surface area contributed by atoms with E-state index in [0.717, 1.165) is 13.1 Å². The Kier molecular flexibility index (Phi) is 5.19. The van der Waals surface area contributed by atoms with Gasteiger partial charge in [0, 0.05) is 32.2 Å². The maximum Gasteiger partial charge on any atom is 0.409 e. The molecule has 0 aromatic rings. The second kappa shape index (κ2) is 6.90. The molecule has 0 unspecified atom stereocenters. The zero-order valence-electron chi connectivity index (χ0n) is 11.8. The summed E-state index contributed by atoms with van der Waals surface area (Å²) in [5.41, 5.74) is 0. The molecule has 2 aliphatic heterocycles. The Balaban J connectivity index is 2.00. The third kappa shape index (κ3) is 3.61. The number of methoxy groups -OCH3 is 1. The molecular formula is C13H22N2O5. The minimum Gasteiger partial charge on any atom is -0.481 e. The van der Waals surface area contributed by atoms with Crippen molar-refractivity contribution in [3.05, 3.63) is 0 Å². The van der Waals surface area contributed by atoms with Gasteiger partial charge in [-0.3, -0.25) is 9.69 Å². The number of carboxylic acid groups (broad SMARTS) is 1. The van der Waals surface area contributed by atoms with Crippen molar-refractivity contribution in [2.24, 2.45) is 5.92 Å². The number of nitrogens with zero attached hydrogens (tertiary/aromatic N) is 2. The molecule has 2 atom stereocenters. The lowest BCUT2D eigenvalue weighted by Gasteiger charge is -2.40. The lowest BCUT2D eigenvalue weighted by molar-refractivity contribution is -0.144. The molecule has 0 spiro atoms. The average Bonchev–Trinajstić information content (AvgIpc) is 2.47. The van der Waals surface area contributed by atoms with Crippen LogP contribution in [0.5, 0.6) is 0 Å². The van der Waals surface area contributed by atoms with Gasteiger partial charge in [0.25, 0.3) is 0 Å². The average molecular weight is 286 g/mol. The molecule has 2 fully saturated rings. The van der Waals surface area contributed by atoms with Crippen LogP contribution in [0.15, 0.2) is 0 Å². The number of rotatable bonds is 3. The van der Waals surface area contributed by atoms with Gasteiger partial charge in [0.15, 0.2) is 0 Å². The summed E-state index contributed by atoms with van der Waals surface area (Å²) in [5.74, 6) is -1.15. The number of carboxylic acids is 1. The van der Waals surface area contributed by atoms with Gasteiger partial charge in [-0.2, -0.15) is 0 Å². The van der Waals surface area contributed by atoms with Crippen LogP contribution < -0.4 is 0 Å². The molecule has 0 aliphatic carbocycles. The number of morpholine rings is 1. The monoisotopic (exact) mass is 286 g/mol. The van der Waals surface area contributed by atoms with Gasteiger partial charge in [-0.25, -0.2) is 4.79 Å². The molecule has 2 heterocycles. The van der Waals surface area contributed by atoms with E-state index in [9.17, 15) is 14.7 Å². The Morgan fingerprint density at radius 2 is 2.00 bits per heavy atom. The smallest absolute Gasteiger partial charge is 0.409 e. The van der Waals surface area contributed by atoms with E-state index in [1.165, 1.54) is 7.11 Å². The predicted octanol–water partition coefficient (Wildman–Crippen LogP) is 0.250. The van der Waals surface area contributed by atoms with Crippen molar-refractivity contribution in [3.63, 3.8) is 0 Å². The SMILES string of the molecule is COC(=O)N1CC[C@@H](C(=O)O)C[C@@H]1CN1CCOCC1. The van der Waals surface area contributed by atoms with Crippen molar-refractivity contribution in [1.82, 2.24) is 9.80 Å². The fourth-order valence-electron chi connectivity index (χ4n) is 2.89. The summed E-state index contributed by atoms with van der Waals surface area (Å²) in [7, 11) is 1.36. The van der Waals surface area contributed by atoms with Crippen LogP contribution in [-0.2, 0) is 14.3 Å². The van der Waals surface area contributed by atoms with E-state index in [0.29, 0.717) is 39.1 Å². The Morgan fingerprint density at radius 3 is 2.60 bits per heavy atom. The molecule has 1 N–H and O–H groups in total. The number of likely N-dealkylation sites (tertiary alicyclic amines) is 1. The molecule has 2 rings (SSSR count). The topological polar surface area (TPSA) is 79.3 Å². The van der Waals surface area contributed by atoms with Crippen molar-refractivity contribution < 1.29 is 24.2 Å². The highest BCUT2D eigenvalue weighted by atomic mass is 16.5. The Hall–Kier alpha value is -1.34. The summed E-state index contributed by atoms with van der Waals surface area (Å²) >= 11 is 0. The molecule has 2 aliphatic rings. The number of piperidine rings is 1. The fraction of sp³-hybridized carbons (Fsp3) is 0.846. The minimum absolute atomic E-state index is 0.101. The first-order chi connectivity index (χ1) is 9.61. The van der Waals surface area contributed by atoms with Gasteiger partial charge in [-0.05, 0) is 12.8 Å². The second-order valence-corrected chi connectivity index (χ2v) is 5.29. The van der Waals surface area contributed by atoms with E-state index in [4.69, 9.17) is 9.47 Å². The standard InChI is InChI=1S/C13H22N2O5/c1-19-13(18)15-3-2-10(12(16)17)8-11(15)9-14-4-6-20-7-5-14/h10-11H,2-9H2,1H3,(H,16,17)/t10-,11-/m1/s1. The van der Waals surface area contributed by atoms with Crippen molar-refractivity contribution in [2.75, 3.05) is 46.5 Å². The number of carbonyl (C=O) groups excluding carboxylic acids is 1. The Labute approximate surface area is 118 Å². The number of ether oxygens (including phenoxy) is 2. The van der Waals surface area contributed by atoms with Crippen LogP contribution in [0.4, 0.5) is 4.79 Å². The normalized spacial score (nSPS) is 28.1. The quantitative estimate of drug-likeness (QED) is 0.801. The summed E-state index contributed by atoms with van der Waals surface area (Å²) in [6, 6.07) is -0.101. The zero-order valence-corrected chi connectivity index (χ0v) is 11.8. The van der Waals surface area contributed by atoms with Gasteiger partial charge in [-0.15, -0.1) is 0 Å². The highest BCUT2D eigenvalue weighted by Crippen LogP contribution is 2.24. The first kappa shape index (κ1) is 15.1. The third-order valence-corrected chi connectivity index (χ3v) is 4.05. The van der Waals surface area contributed by atoms with Crippen LogP contribution >= 0.6 is 0 Å². The fourth-order valence-corrected chi connectivity index (χ4v) is 2.89. The summed E-state index contributed by atoms with van der Waals surface area (Å²) in [5, 5.41) is 9.18. The lowest BCUT2D eigenvalue weighted by Crippen LogP contribution is -2.53. The summed E-state index contributed by atoms with van der Waals surface area (Å²) < 4.78 is 10.1. The number of hydrogen-bond donors (Lipinski definition) is 1. The van der Waals surface area contributed by atoms with Crippen molar-refractivity contribution >= 4 is 12.1 Å². The third-order valence-electron chi connectivity index (χ3n) is 4.05. The van der Waals surface area contributed by atoms with Crippen LogP contribution in [0.3, 0.4) is 0 Å². The van der Waals surface area contributed by atoms with E-state index in [1.807, 2.05) is 0 Å². The van der Waals surface area contributed by atoms with Crippen LogP contribution in [0.1, 0.15) is 12.8 Å². The number of aliphatic carboxylic acids is 1. The Morgan fingerprint density at radius 1 is 1.30 bits per heavy atom. The van der Waals surface area contributed by atoms with E-state index < -0.39 is 5.97 Å². The van der Waals surface area contributed by atoms with Crippen LogP contribution in [0.2, 0.25) is 0 Å². The van der Waals surface area contributed by atoms with Gasteiger partial charge in [0.1, 0.15) is 0 Å².